The molecule has 3 amide bonds. The van der Waals surface area contributed by atoms with Crippen LogP contribution >= 0.6 is 27.5 Å². The zero-order valence-electron chi connectivity index (χ0n) is 20.4. The van der Waals surface area contributed by atoms with Crippen molar-refractivity contribution in [2.45, 2.75) is 25.6 Å². The highest BCUT2D eigenvalue weighted by atomic mass is 79.9. The standard InChI is InChI=1S/C27H22BrClF3N3O4/c1-39-22-9-7-18(13-20(22)24(37)34-17-5-3-16(28)4-6-17)35-23(36)19-12-15(2-8-21(19)29)14-33-25(38)26(10-11-26)27(30,31)32/h2-9,12-13H,10-11,14H2,1H3,(H,33,38)(H,34,37)(H,35,36). The Bertz CT molecular complexity index is 1430. The maximum atomic E-state index is 13.2. The number of nitrogens with one attached hydrogen (secondary N) is 3. The molecule has 1 saturated carbocycles. The molecule has 3 aromatic carbocycles. The molecule has 3 N–H and O–H groups in total. The molecule has 0 saturated heterocycles. The minimum atomic E-state index is -4.62. The Morgan fingerprint density at radius 3 is 2.15 bits per heavy atom. The van der Waals surface area contributed by atoms with Crippen LogP contribution in [-0.4, -0.2) is 31.0 Å². The van der Waals surface area contributed by atoms with E-state index in [2.05, 4.69) is 31.9 Å². The third-order valence-electron chi connectivity index (χ3n) is 6.26. The molecule has 0 bridgehead atoms. The largest absolute Gasteiger partial charge is 0.496 e. The van der Waals surface area contributed by atoms with Gasteiger partial charge in [0.1, 0.15) is 11.2 Å². The molecule has 0 radical (unpaired) electrons. The van der Waals surface area contributed by atoms with E-state index < -0.39 is 29.3 Å². The van der Waals surface area contributed by atoms with Crippen molar-refractivity contribution in [1.82, 2.24) is 5.32 Å². The molecule has 0 unspecified atom stereocenters. The van der Waals surface area contributed by atoms with Gasteiger partial charge in [-0.2, -0.15) is 13.2 Å². The molecule has 1 fully saturated rings. The van der Waals surface area contributed by atoms with Gasteiger partial charge in [-0.15, -0.1) is 0 Å². The number of anilines is 2. The van der Waals surface area contributed by atoms with Gasteiger partial charge in [-0.25, -0.2) is 0 Å². The van der Waals surface area contributed by atoms with Gasteiger partial charge in [0.15, 0.2) is 0 Å². The van der Waals surface area contributed by atoms with Crippen molar-refractivity contribution < 1.29 is 32.3 Å². The van der Waals surface area contributed by atoms with E-state index in [4.69, 9.17) is 16.3 Å². The van der Waals surface area contributed by atoms with Gasteiger partial charge >= 0.3 is 6.18 Å². The summed E-state index contributed by atoms with van der Waals surface area (Å²) in [5, 5.41) is 7.82. The first-order chi connectivity index (χ1) is 18.4. The van der Waals surface area contributed by atoms with E-state index >= 15 is 0 Å². The van der Waals surface area contributed by atoms with Crippen molar-refractivity contribution in [1.29, 1.82) is 0 Å². The molecule has 0 aliphatic heterocycles. The van der Waals surface area contributed by atoms with Gasteiger partial charge in [-0.3, -0.25) is 14.4 Å². The number of hydrogen-bond acceptors (Lipinski definition) is 4. The molecule has 1 aliphatic rings. The summed E-state index contributed by atoms with van der Waals surface area (Å²) in [6, 6.07) is 15.8. The van der Waals surface area contributed by atoms with Crippen molar-refractivity contribution in [3.63, 3.8) is 0 Å². The molecule has 204 valence electrons. The van der Waals surface area contributed by atoms with Gasteiger partial charge in [0.2, 0.25) is 5.91 Å². The summed E-state index contributed by atoms with van der Waals surface area (Å²) in [4.78, 5) is 38.1. The maximum Gasteiger partial charge on any atom is 0.403 e. The van der Waals surface area contributed by atoms with Crippen molar-refractivity contribution in [3.8, 4) is 5.75 Å². The summed E-state index contributed by atoms with van der Waals surface area (Å²) in [5.41, 5.74) is -0.915. The van der Waals surface area contributed by atoms with Gasteiger partial charge in [0.05, 0.1) is 23.3 Å². The highest BCUT2D eigenvalue weighted by Gasteiger charge is 2.68. The minimum Gasteiger partial charge on any atom is -0.496 e. The SMILES string of the molecule is COc1ccc(NC(=O)c2cc(CNC(=O)C3(C(F)(F)F)CC3)ccc2Cl)cc1C(=O)Nc1ccc(Br)cc1. The lowest BCUT2D eigenvalue weighted by Crippen LogP contribution is -2.40. The third kappa shape index (κ3) is 6.36. The quantitative estimate of drug-likeness (QED) is 0.264. The number of rotatable bonds is 8. The van der Waals surface area contributed by atoms with Gasteiger partial charge in [-0.1, -0.05) is 33.6 Å². The van der Waals surface area contributed by atoms with Crippen molar-refractivity contribution in [2.75, 3.05) is 17.7 Å². The van der Waals surface area contributed by atoms with Crippen LogP contribution in [0.5, 0.6) is 5.75 Å². The van der Waals surface area contributed by atoms with Crippen LogP contribution in [0.1, 0.15) is 39.1 Å². The molecule has 0 spiro atoms. The predicted octanol–water partition coefficient (Wildman–Crippen LogP) is 6.57. The van der Waals surface area contributed by atoms with Crippen LogP contribution in [0.25, 0.3) is 0 Å². The fourth-order valence-electron chi connectivity index (χ4n) is 3.87. The van der Waals surface area contributed by atoms with Crippen LogP contribution in [0.3, 0.4) is 0 Å². The van der Waals surface area contributed by atoms with Crippen LogP contribution in [0.4, 0.5) is 24.5 Å². The van der Waals surface area contributed by atoms with E-state index in [1.807, 2.05) is 0 Å². The molecule has 0 aromatic heterocycles. The topological polar surface area (TPSA) is 96.5 Å². The number of carbonyl (C=O) groups excluding carboxylic acids is 3. The first-order valence-corrected chi connectivity index (χ1v) is 12.8. The van der Waals surface area contributed by atoms with Crippen LogP contribution in [-0.2, 0) is 11.3 Å². The number of benzene rings is 3. The molecular formula is C27H22BrClF3N3O4. The second kappa shape index (κ2) is 11.3. The molecule has 1 aliphatic carbocycles. The minimum absolute atomic E-state index is 0.0389. The van der Waals surface area contributed by atoms with Crippen molar-refractivity contribution >= 4 is 56.6 Å². The number of halogens is 5. The molecule has 0 heterocycles. The lowest BCUT2D eigenvalue weighted by atomic mass is 10.1. The highest BCUT2D eigenvalue weighted by molar-refractivity contribution is 9.10. The Labute approximate surface area is 235 Å². The normalized spacial score (nSPS) is 13.8. The Kier molecular flexibility index (Phi) is 8.22. The van der Waals surface area contributed by atoms with Crippen LogP contribution < -0.4 is 20.7 Å². The number of amides is 3. The first kappa shape index (κ1) is 28.4. The highest BCUT2D eigenvalue weighted by Crippen LogP contribution is 2.57. The fraction of sp³-hybridized carbons (Fsp3) is 0.222. The number of carbonyl (C=O) groups is 3. The zero-order valence-corrected chi connectivity index (χ0v) is 22.8. The Morgan fingerprint density at radius 1 is 0.923 bits per heavy atom. The van der Waals surface area contributed by atoms with Crippen LogP contribution in [0, 0.1) is 5.41 Å². The molecule has 39 heavy (non-hydrogen) atoms. The van der Waals surface area contributed by atoms with E-state index in [-0.39, 0.29) is 47.0 Å². The molecule has 12 heteroatoms. The maximum absolute atomic E-state index is 13.2. The van der Waals surface area contributed by atoms with E-state index in [0.717, 1.165) is 4.47 Å². The average Bonchev–Trinajstić information content (AvgIpc) is 3.72. The molecular weight excluding hydrogens is 603 g/mol. The predicted molar refractivity (Wildman–Crippen MR) is 144 cm³/mol. The Balaban J connectivity index is 1.47. The molecule has 7 nitrogen and oxygen atoms in total. The lowest BCUT2D eigenvalue weighted by molar-refractivity contribution is -0.192. The van der Waals surface area contributed by atoms with Gasteiger partial charge in [-0.05, 0) is 73.0 Å². The first-order valence-electron chi connectivity index (χ1n) is 11.6. The number of hydrogen-bond donors (Lipinski definition) is 3. The van der Waals surface area contributed by atoms with E-state index in [0.29, 0.717) is 11.3 Å². The van der Waals surface area contributed by atoms with E-state index in [1.165, 1.54) is 43.5 Å². The summed E-state index contributed by atoms with van der Waals surface area (Å²) >= 11 is 9.54. The Morgan fingerprint density at radius 2 is 1.54 bits per heavy atom. The second-order valence-corrected chi connectivity index (χ2v) is 10.2. The molecule has 4 rings (SSSR count). The van der Waals surface area contributed by atoms with Gasteiger partial charge in [0, 0.05) is 22.4 Å². The summed E-state index contributed by atoms with van der Waals surface area (Å²) < 4.78 is 45.7. The average molecular weight is 625 g/mol. The van der Waals surface area contributed by atoms with Gasteiger partial charge in [0.25, 0.3) is 11.8 Å². The van der Waals surface area contributed by atoms with Crippen LogP contribution in [0.2, 0.25) is 5.02 Å². The smallest absolute Gasteiger partial charge is 0.403 e. The van der Waals surface area contributed by atoms with Gasteiger partial charge < -0.3 is 20.7 Å². The summed E-state index contributed by atoms with van der Waals surface area (Å²) in [5.74, 6) is -1.89. The molecule has 0 atom stereocenters. The van der Waals surface area contributed by atoms with Crippen LogP contribution in [0.15, 0.2) is 65.1 Å². The summed E-state index contributed by atoms with van der Waals surface area (Å²) in [6.45, 7) is -0.211. The van der Waals surface area contributed by atoms with E-state index in [9.17, 15) is 27.6 Å². The summed E-state index contributed by atoms with van der Waals surface area (Å²) in [6.07, 6.45) is -5.11. The second-order valence-electron chi connectivity index (χ2n) is 8.91. The van der Waals surface area contributed by atoms with Crippen molar-refractivity contribution in [3.05, 3.63) is 86.8 Å². The summed E-state index contributed by atoms with van der Waals surface area (Å²) in [7, 11) is 1.41. The van der Waals surface area contributed by atoms with Crippen molar-refractivity contribution in [2.24, 2.45) is 5.41 Å². The monoisotopic (exact) mass is 623 g/mol. The molecule has 3 aromatic rings. The lowest BCUT2D eigenvalue weighted by Gasteiger charge is -2.18. The number of methoxy groups -OCH3 is 1. The Hall–Kier alpha value is -3.57. The third-order valence-corrected chi connectivity index (χ3v) is 7.12. The number of alkyl halides is 3. The zero-order chi connectivity index (χ0) is 28.4. The van der Waals surface area contributed by atoms with E-state index in [1.54, 1.807) is 24.3 Å². The fourth-order valence-corrected chi connectivity index (χ4v) is 4.33. The number of ether oxygens (including phenoxy) is 1.